The number of piperidine rings is 1. The summed E-state index contributed by atoms with van der Waals surface area (Å²) in [5, 5.41) is 0. The number of hydrogen-bond donors (Lipinski definition) is 0. The molecule has 0 saturated carbocycles. The molecule has 1 saturated heterocycles. The van der Waals surface area contributed by atoms with Crippen molar-refractivity contribution in [2.24, 2.45) is 0 Å². The van der Waals surface area contributed by atoms with Crippen LogP contribution < -0.4 is 4.90 Å². The number of aryl methyl sites for hydroxylation is 1. The van der Waals surface area contributed by atoms with Crippen LogP contribution in [0.4, 0.5) is 5.69 Å². The smallest absolute Gasteiger partial charge is 0.226 e. The SMILES string of the molecule is CCC(=O)N(c1ccccc1)C1CCN(CCc2cccc(C)c2)CC1. The molecule has 3 nitrogen and oxygen atoms in total. The highest BCUT2D eigenvalue weighted by Crippen LogP contribution is 2.24. The molecule has 1 amide bonds. The fraction of sp³-hybridized carbons (Fsp3) is 0.435. The maximum atomic E-state index is 12.5. The summed E-state index contributed by atoms with van der Waals surface area (Å²) in [5.74, 6) is 0.231. The number of nitrogens with zero attached hydrogens (tertiary/aromatic N) is 2. The van der Waals surface area contributed by atoms with E-state index >= 15 is 0 Å². The molecule has 0 N–H and O–H groups in total. The van der Waals surface area contributed by atoms with Gasteiger partial charge in [-0.05, 0) is 43.9 Å². The highest BCUT2D eigenvalue weighted by molar-refractivity contribution is 5.93. The molecule has 3 rings (SSSR count). The molecule has 0 bridgehead atoms. The maximum absolute atomic E-state index is 12.5. The van der Waals surface area contributed by atoms with Crippen LogP contribution in [0.5, 0.6) is 0 Å². The van der Waals surface area contributed by atoms with E-state index < -0.39 is 0 Å². The van der Waals surface area contributed by atoms with E-state index in [-0.39, 0.29) is 5.91 Å². The number of amides is 1. The number of benzene rings is 2. The summed E-state index contributed by atoms with van der Waals surface area (Å²) in [6, 6.07) is 19.3. The summed E-state index contributed by atoms with van der Waals surface area (Å²) in [4.78, 5) is 17.1. The zero-order valence-corrected chi connectivity index (χ0v) is 16.0. The Morgan fingerprint density at radius 2 is 1.81 bits per heavy atom. The number of carbonyl (C=O) groups excluding carboxylic acids is 1. The van der Waals surface area contributed by atoms with Gasteiger partial charge in [-0.25, -0.2) is 0 Å². The monoisotopic (exact) mass is 350 g/mol. The van der Waals surface area contributed by atoms with Crippen LogP contribution in [-0.2, 0) is 11.2 Å². The first kappa shape index (κ1) is 18.7. The van der Waals surface area contributed by atoms with Crippen molar-refractivity contribution in [2.75, 3.05) is 24.5 Å². The van der Waals surface area contributed by atoms with Crippen LogP contribution in [0.1, 0.15) is 37.3 Å². The van der Waals surface area contributed by atoms with Crippen LogP contribution >= 0.6 is 0 Å². The zero-order chi connectivity index (χ0) is 18.4. The second-order valence-corrected chi connectivity index (χ2v) is 7.26. The molecule has 138 valence electrons. The molecular formula is C23H30N2O. The van der Waals surface area contributed by atoms with Gasteiger partial charge in [-0.1, -0.05) is 55.0 Å². The van der Waals surface area contributed by atoms with Crippen molar-refractivity contribution in [2.45, 2.75) is 45.6 Å². The number of rotatable bonds is 6. The van der Waals surface area contributed by atoms with Crippen molar-refractivity contribution in [1.82, 2.24) is 4.90 Å². The average molecular weight is 351 g/mol. The standard InChI is InChI=1S/C23H30N2O/c1-3-23(26)25(21-10-5-4-6-11-21)22-13-16-24(17-14-22)15-12-20-9-7-8-19(2)18-20/h4-11,18,22H,3,12-17H2,1-2H3. The molecule has 1 fully saturated rings. The minimum absolute atomic E-state index is 0.231. The van der Waals surface area contributed by atoms with Gasteiger partial charge in [0, 0.05) is 37.8 Å². The molecule has 3 heteroatoms. The highest BCUT2D eigenvalue weighted by atomic mass is 16.2. The van der Waals surface area contributed by atoms with Crippen LogP contribution in [0.2, 0.25) is 0 Å². The van der Waals surface area contributed by atoms with E-state index in [1.807, 2.05) is 30.0 Å². The Hall–Kier alpha value is -2.13. The van der Waals surface area contributed by atoms with Crippen molar-refractivity contribution >= 4 is 11.6 Å². The molecule has 1 aliphatic heterocycles. The third kappa shape index (κ3) is 4.73. The van der Waals surface area contributed by atoms with Gasteiger partial charge in [0.05, 0.1) is 0 Å². The lowest BCUT2D eigenvalue weighted by molar-refractivity contribution is -0.119. The van der Waals surface area contributed by atoms with Crippen LogP contribution in [0.15, 0.2) is 54.6 Å². The molecule has 1 heterocycles. The number of carbonyl (C=O) groups is 1. The number of anilines is 1. The number of para-hydroxylation sites is 1. The van der Waals surface area contributed by atoms with E-state index in [1.165, 1.54) is 11.1 Å². The van der Waals surface area contributed by atoms with Crippen molar-refractivity contribution in [3.8, 4) is 0 Å². The van der Waals surface area contributed by atoms with Crippen molar-refractivity contribution in [3.63, 3.8) is 0 Å². The third-order valence-corrected chi connectivity index (χ3v) is 5.33. The summed E-state index contributed by atoms with van der Waals surface area (Å²) >= 11 is 0. The van der Waals surface area contributed by atoms with Gasteiger partial charge in [0.1, 0.15) is 0 Å². The van der Waals surface area contributed by atoms with Crippen LogP contribution in [0.3, 0.4) is 0 Å². The molecule has 0 spiro atoms. The molecule has 0 aliphatic carbocycles. The molecule has 0 unspecified atom stereocenters. The van der Waals surface area contributed by atoms with E-state index in [9.17, 15) is 4.79 Å². The van der Waals surface area contributed by atoms with E-state index in [2.05, 4.69) is 48.2 Å². The second-order valence-electron chi connectivity index (χ2n) is 7.26. The van der Waals surface area contributed by atoms with Gasteiger partial charge < -0.3 is 9.80 Å². The largest absolute Gasteiger partial charge is 0.309 e. The lowest BCUT2D eigenvalue weighted by Gasteiger charge is -2.38. The minimum Gasteiger partial charge on any atom is -0.309 e. The van der Waals surface area contributed by atoms with Gasteiger partial charge in [0.15, 0.2) is 0 Å². The molecule has 2 aromatic carbocycles. The molecule has 26 heavy (non-hydrogen) atoms. The Kier molecular flexibility index (Phi) is 6.45. The first-order chi connectivity index (χ1) is 12.7. The Bertz CT molecular complexity index is 705. The normalized spacial score (nSPS) is 15.8. The van der Waals surface area contributed by atoms with Gasteiger partial charge in [0.25, 0.3) is 0 Å². The molecule has 0 radical (unpaired) electrons. The number of likely N-dealkylation sites (tertiary alicyclic amines) is 1. The van der Waals surface area contributed by atoms with Gasteiger partial charge >= 0.3 is 0 Å². The summed E-state index contributed by atoms with van der Waals surface area (Å²) in [6.45, 7) is 7.34. The van der Waals surface area contributed by atoms with Gasteiger partial charge in [-0.2, -0.15) is 0 Å². The lowest BCUT2D eigenvalue weighted by atomic mass is 10.0. The Balaban J connectivity index is 1.57. The topological polar surface area (TPSA) is 23.6 Å². The van der Waals surface area contributed by atoms with Crippen LogP contribution in [0, 0.1) is 6.92 Å². The minimum atomic E-state index is 0.231. The van der Waals surface area contributed by atoms with Crippen molar-refractivity contribution < 1.29 is 4.79 Å². The third-order valence-electron chi connectivity index (χ3n) is 5.33. The van der Waals surface area contributed by atoms with Crippen LogP contribution in [0.25, 0.3) is 0 Å². The Morgan fingerprint density at radius 1 is 1.08 bits per heavy atom. The van der Waals surface area contributed by atoms with Crippen LogP contribution in [-0.4, -0.2) is 36.5 Å². The molecule has 2 aromatic rings. The summed E-state index contributed by atoms with van der Waals surface area (Å²) < 4.78 is 0. The van der Waals surface area contributed by atoms with E-state index in [0.29, 0.717) is 12.5 Å². The van der Waals surface area contributed by atoms with E-state index in [1.54, 1.807) is 0 Å². The summed E-state index contributed by atoms with van der Waals surface area (Å²) in [5.41, 5.74) is 3.79. The van der Waals surface area contributed by atoms with E-state index in [0.717, 1.165) is 44.6 Å². The fourth-order valence-electron chi connectivity index (χ4n) is 3.87. The molecular weight excluding hydrogens is 320 g/mol. The number of hydrogen-bond acceptors (Lipinski definition) is 2. The molecule has 1 aliphatic rings. The Labute approximate surface area is 157 Å². The molecule has 0 aromatic heterocycles. The van der Waals surface area contributed by atoms with Crippen molar-refractivity contribution in [1.29, 1.82) is 0 Å². The predicted molar refractivity (Wildman–Crippen MR) is 109 cm³/mol. The first-order valence-corrected chi connectivity index (χ1v) is 9.82. The lowest BCUT2D eigenvalue weighted by Crippen LogP contribution is -2.47. The second kappa shape index (κ2) is 9.00. The van der Waals surface area contributed by atoms with Crippen molar-refractivity contribution in [3.05, 3.63) is 65.7 Å². The van der Waals surface area contributed by atoms with Gasteiger partial charge in [-0.3, -0.25) is 4.79 Å². The summed E-state index contributed by atoms with van der Waals surface area (Å²) in [6.07, 6.45) is 3.76. The van der Waals surface area contributed by atoms with E-state index in [4.69, 9.17) is 0 Å². The Morgan fingerprint density at radius 3 is 2.46 bits per heavy atom. The van der Waals surface area contributed by atoms with Gasteiger partial charge in [0.2, 0.25) is 5.91 Å². The average Bonchev–Trinajstić information content (AvgIpc) is 2.68. The molecule has 0 atom stereocenters. The predicted octanol–water partition coefficient (Wildman–Crippen LogP) is 4.45. The zero-order valence-electron chi connectivity index (χ0n) is 16.0. The fourth-order valence-corrected chi connectivity index (χ4v) is 3.87. The highest BCUT2D eigenvalue weighted by Gasteiger charge is 2.28. The quantitative estimate of drug-likeness (QED) is 0.769. The van der Waals surface area contributed by atoms with Gasteiger partial charge in [-0.15, -0.1) is 0 Å². The summed E-state index contributed by atoms with van der Waals surface area (Å²) in [7, 11) is 0. The maximum Gasteiger partial charge on any atom is 0.226 e. The first-order valence-electron chi connectivity index (χ1n) is 9.82.